The smallest absolute Gasteiger partial charge is 0.352 e. The van der Waals surface area contributed by atoms with Crippen LogP contribution >= 0.6 is 11.6 Å². The minimum atomic E-state index is -0.894. The highest BCUT2D eigenvalue weighted by atomic mass is 35.5. The van der Waals surface area contributed by atoms with Crippen molar-refractivity contribution in [3.05, 3.63) is 69.4 Å². The lowest BCUT2D eigenvalue weighted by Gasteiger charge is -2.34. The van der Waals surface area contributed by atoms with Gasteiger partial charge in [0.15, 0.2) is 17.4 Å². The molecule has 4 heterocycles. The second-order valence-corrected chi connectivity index (χ2v) is 8.15. The number of hydrogen-bond donors (Lipinski definition) is 0. The molecule has 0 bridgehead atoms. The van der Waals surface area contributed by atoms with Gasteiger partial charge in [0, 0.05) is 37.5 Å². The van der Waals surface area contributed by atoms with Gasteiger partial charge in [-0.05, 0) is 43.0 Å². The molecule has 0 saturated carbocycles. The molecule has 3 aromatic rings. The van der Waals surface area contributed by atoms with E-state index in [-0.39, 0.29) is 34.6 Å². The van der Waals surface area contributed by atoms with Gasteiger partial charge in [-0.25, -0.2) is 18.6 Å². The van der Waals surface area contributed by atoms with E-state index in [0.29, 0.717) is 12.6 Å². The number of benzene rings is 1. The van der Waals surface area contributed by atoms with Crippen molar-refractivity contribution in [2.75, 3.05) is 11.4 Å². The van der Waals surface area contributed by atoms with E-state index >= 15 is 0 Å². The summed E-state index contributed by atoms with van der Waals surface area (Å²) in [6.07, 6.45) is 4.48. The average Bonchev–Trinajstić information content (AvgIpc) is 3.24. The Hall–Kier alpha value is -3.20. The maximum atomic E-state index is 14.5. The zero-order valence-electron chi connectivity index (χ0n) is 16.9. The molecule has 2 aliphatic heterocycles. The number of anilines is 1. The molecule has 32 heavy (non-hydrogen) atoms. The van der Waals surface area contributed by atoms with Crippen molar-refractivity contribution in [3.8, 4) is 17.4 Å². The summed E-state index contributed by atoms with van der Waals surface area (Å²) in [5.41, 5.74) is -0.154. The summed E-state index contributed by atoms with van der Waals surface area (Å²) in [7, 11) is 0. The van der Waals surface area contributed by atoms with Gasteiger partial charge in [0.2, 0.25) is 5.88 Å². The zero-order chi connectivity index (χ0) is 22.2. The van der Waals surface area contributed by atoms with Crippen LogP contribution in [0.3, 0.4) is 0 Å². The first-order chi connectivity index (χ1) is 15.5. The second kappa shape index (κ2) is 8.38. The molecule has 0 spiro atoms. The van der Waals surface area contributed by atoms with Crippen LogP contribution in [-0.2, 0) is 13.2 Å². The summed E-state index contributed by atoms with van der Waals surface area (Å²) in [5, 5.41) is 0.141. The van der Waals surface area contributed by atoms with Crippen LogP contribution in [0.1, 0.15) is 24.8 Å². The van der Waals surface area contributed by atoms with E-state index in [1.54, 1.807) is 10.6 Å². The SMILES string of the molecule is O=c1nc(OCc2cc(F)c(Oc3ccnc(Cl)c3)c(F)c2)cc2n1CCC1CCCN21. The zero-order valence-corrected chi connectivity index (χ0v) is 17.7. The minimum absolute atomic E-state index is 0.126. The van der Waals surface area contributed by atoms with E-state index in [1.807, 2.05) is 0 Å². The van der Waals surface area contributed by atoms with Crippen molar-refractivity contribution in [2.24, 2.45) is 0 Å². The van der Waals surface area contributed by atoms with Crippen molar-refractivity contribution in [1.82, 2.24) is 14.5 Å². The van der Waals surface area contributed by atoms with E-state index in [1.165, 1.54) is 18.3 Å². The molecule has 10 heteroatoms. The minimum Gasteiger partial charge on any atom is -0.473 e. The van der Waals surface area contributed by atoms with Crippen molar-refractivity contribution in [1.29, 1.82) is 0 Å². The van der Waals surface area contributed by atoms with Gasteiger partial charge in [0.1, 0.15) is 23.3 Å². The number of rotatable bonds is 5. The second-order valence-electron chi connectivity index (χ2n) is 7.76. The molecule has 0 radical (unpaired) electrons. The molecular weight excluding hydrogens is 442 g/mol. The van der Waals surface area contributed by atoms with Gasteiger partial charge in [0.25, 0.3) is 0 Å². The van der Waals surface area contributed by atoms with Gasteiger partial charge >= 0.3 is 5.69 Å². The summed E-state index contributed by atoms with van der Waals surface area (Å²) in [6, 6.07) is 7.16. The van der Waals surface area contributed by atoms with E-state index in [9.17, 15) is 13.6 Å². The highest BCUT2D eigenvalue weighted by molar-refractivity contribution is 6.29. The van der Waals surface area contributed by atoms with E-state index in [4.69, 9.17) is 21.1 Å². The van der Waals surface area contributed by atoms with Crippen LogP contribution in [0.5, 0.6) is 17.4 Å². The Labute approximate surface area is 187 Å². The fourth-order valence-corrected chi connectivity index (χ4v) is 4.39. The van der Waals surface area contributed by atoms with Gasteiger partial charge in [-0.3, -0.25) is 4.57 Å². The van der Waals surface area contributed by atoms with Crippen molar-refractivity contribution < 1.29 is 18.3 Å². The molecule has 2 aliphatic rings. The molecular formula is C22H19ClF2N4O3. The van der Waals surface area contributed by atoms with E-state index < -0.39 is 17.4 Å². The molecule has 7 nitrogen and oxygen atoms in total. The van der Waals surface area contributed by atoms with Crippen molar-refractivity contribution >= 4 is 17.4 Å². The van der Waals surface area contributed by atoms with E-state index in [2.05, 4.69) is 14.9 Å². The largest absolute Gasteiger partial charge is 0.473 e. The number of nitrogens with zero attached hydrogens (tertiary/aromatic N) is 4. The highest BCUT2D eigenvalue weighted by Gasteiger charge is 2.31. The Bertz CT molecular complexity index is 1210. The lowest BCUT2D eigenvalue weighted by atomic mass is 10.1. The summed E-state index contributed by atoms with van der Waals surface area (Å²) in [6.45, 7) is 1.35. The van der Waals surface area contributed by atoms with Crippen LogP contribution < -0.4 is 20.1 Å². The summed E-state index contributed by atoms with van der Waals surface area (Å²) in [4.78, 5) is 22.4. The van der Waals surface area contributed by atoms with Crippen LogP contribution in [-0.4, -0.2) is 27.1 Å². The predicted molar refractivity (Wildman–Crippen MR) is 113 cm³/mol. The lowest BCUT2D eigenvalue weighted by molar-refractivity contribution is 0.287. The van der Waals surface area contributed by atoms with Crippen LogP contribution in [0, 0.1) is 11.6 Å². The number of hydrogen-bond acceptors (Lipinski definition) is 6. The Morgan fingerprint density at radius 2 is 1.94 bits per heavy atom. The Kier molecular flexibility index (Phi) is 5.42. The molecule has 1 saturated heterocycles. The van der Waals surface area contributed by atoms with Gasteiger partial charge in [-0.2, -0.15) is 4.98 Å². The normalized spacial score (nSPS) is 17.1. The third kappa shape index (κ3) is 4.00. The summed E-state index contributed by atoms with van der Waals surface area (Å²) in [5.74, 6) is -1.27. The maximum Gasteiger partial charge on any atom is 0.352 e. The van der Waals surface area contributed by atoms with Crippen molar-refractivity contribution in [2.45, 2.75) is 38.5 Å². The molecule has 1 unspecified atom stereocenters. The molecule has 0 aliphatic carbocycles. The standard InChI is InChI=1S/C22H19ClF2N4O3/c23-18-10-15(3-5-26-18)32-21-16(24)8-13(9-17(21)25)12-31-19-11-20-28-6-1-2-14(28)4-7-29(20)22(30)27-19/h3,5,8-11,14H,1-2,4,6-7,12H2. The number of pyridine rings is 1. The quantitative estimate of drug-likeness (QED) is 0.528. The average molecular weight is 461 g/mol. The first-order valence-electron chi connectivity index (χ1n) is 10.3. The Morgan fingerprint density at radius 1 is 1.12 bits per heavy atom. The molecule has 0 amide bonds. The first-order valence-corrected chi connectivity index (χ1v) is 10.6. The first kappa shape index (κ1) is 20.7. The van der Waals surface area contributed by atoms with Crippen LogP contribution in [0.25, 0.3) is 0 Å². The van der Waals surface area contributed by atoms with Crippen LogP contribution in [0.4, 0.5) is 14.6 Å². The van der Waals surface area contributed by atoms with Crippen molar-refractivity contribution in [3.63, 3.8) is 0 Å². The molecule has 0 N–H and O–H groups in total. The Morgan fingerprint density at radius 3 is 2.72 bits per heavy atom. The van der Waals surface area contributed by atoms with Gasteiger partial charge < -0.3 is 14.4 Å². The molecule has 1 atom stereocenters. The third-order valence-electron chi connectivity index (χ3n) is 5.69. The summed E-state index contributed by atoms with van der Waals surface area (Å²) >= 11 is 5.77. The highest BCUT2D eigenvalue weighted by Crippen LogP contribution is 2.33. The fraction of sp³-hybridized carbons (Fsp3) is 0.318. The molecule has 5 rings (SSSR count). The monoisotopic (exact) mass is 460 g/mol. The number of halogens is 3. The van der Waals surface area contributed by atoms with Gasteiger partial charge in [0.05, 0.1) is 0 Å². The molecule has 166 valence electrons. The molecule has 2 aromatic heterocycles. The lowest BCUT2D eigenvalue weighted by Crippen LogP contribution is -2.41. The summed E-state index contributed by atoms with van der Waals surface area (Å²) < 4.78 is 41.6. The molecule has 1 aromatic carbocycles. The van der Waals surface area contributed by atoms with E-state index in [0.717, 1.165) is 43.8 Å². The fourth-order valence-electron chi connectivity index (χ4n) is 4.23. The van der Waals surface area contributed by atoms with Crippen LogP contribution in [0.15, 0.2) is 41.3 Å². The van der Waals surface area contributed by atoms with Crippen LogP contribution in [0.2, 0.25) is 5.15 Å². The maximum absolute atomic E-state index is 14.5. The number of ether oxygens (including phenoxy) is 2. The number of aromatic nitrogens is 3. The third-order valence-corrected chi connectivity index (χ3v) is 5.89. The molecule has 1 fully saturated rings. The predicted octanol–water partition coefficient (Wildman–Crippen LogP) is 4.31. The number of fused-ring (bicyclic) bond motifs is 3. The Balaban J connectivity index is 1.34. The van der Waals surface area contributed by atoms with Gasteiger partial charge in [-0.15, -0.1) is 0 Å². The topological polar surface area (TPSA) is 69.5 Å². The van der Waals surface area contributed by atoms with Gasteiger partial charge in [-0.1, -0.05) is 11.6 Å².